The number of nitrogens with zero attached hydrogens (tertiary/aromatic N) is 1. The van der Waals surface area contributed by atoms with Crippen LogP contribution < -0.4 is 5.32 Å². The van der Waals surface area contributed by atoms with Crippen molar-refractivity contribution in [3.63, 3.8) is 0 Å². The van der Waals surface area contributed by atoms with Crippen molar-refractivity contribution in [2.24, 2.45) is 10.9 Å². The minimum absolute atomic E-state index is 0.0801. The summed E-state index contributed by atoms with van der Waals surface area (Å²) in [7, 11) is 0. The van der Waals surface area contributed by atoms with Gasteiger partial charge in [0.15, 0.2) is 5.11 Å². The fraction of sp³-hybridized carbons (Fsp3) is 0.438. The fourth-order valence-corrected chi connectivity index (χ4v) is 2.75. The van der Waals surface area contributed by atoms with Crippen LogP contribution in [0.15, 0.2) is 29.3 Å². The van der Waals surface area contributed by atoms with E-state index in [9.17, 15) is 9.90 Å². The lowest BCUT2D eigenvalue weighted by Crippen LogP contribution is -2.44. The van der Waals surface area contributed by atoms with E-state index in [1.54, 1.807) is 31.2 Å². The van der Waals surface area contributed by atoms with E-state index in [0.29, 0.717) is 11.3 Å². The van der Waals surface area contributed by atoms with Gasteiger partial charge in [-0.2, -0.15) is 0 Å². The smallest absolute Gasteiger partial charge is 0.317 e. The number of aromatic hydroxyl groups is 1. The average Bonchev–Trinajstić information content (AvgIpc) is 2.53. The molecule has 0 aromatic heterocycles. The van der Waals surface area contributed by atoms with Gasteiger partial charge in [-0.3, -0.25) is 4.79 Å². The van der Waals surface area contributed by atoms with Crippen LogP contribution in [0.5, 0.6) is 5.75 Å². The van der Waals surface area contributed by atoms with Crippen LogP contribution in [0.1, 0.15) is 18.5 Å². The van der Waals surface area contributed by atoms with E-state index < -0.39 is 17.9 Å². The predicted molar refractivity (Wildman–Crippen MR) is 92.0 cm³/mol. The Bertz CT molecular complexity index is 635. The molecule has 1 aromatic rings. The van der Waals surface area contributed by atoms with Gasteiger partial charge in [-0.25, -0.2) is 4.99 Å². The number of nitrogens with one attached hydrogen (secondary N) is 1. The second-order valence-corrected chi connectivity index (χ2v) is 5.64. The van der Waals surface area contributed by atoms with Gasteiger partial charge in [-0.05, 0) is 36.8 Å². The quantitative estimate of drug-likeness (QED) is 0.382. The second-order valence-electron chi connectivity index (χ2n) is 5.26. The number of thiocarbonyl (C=S) groups is 1. The summed E-state index contributed by atoms with van der Waals surface area (Å²) in [5.74, 6) is -1.01. The Morgan fingerprint density at radius 2 is 2.17 bits per heavy atom. The summed E-state index contributed by atoms with van der Waals surface area (Å²) >= 11 is 5.11. The molecular weight excluding hydrogens is 332 g/mol. The monoisotopic (exact) mass is 352 g/mol. The number of phenols is 1. The molecular formula is C16H20N2O5S. The molecule has 3 N–H and O–H groups in total. The normalized spacial score (nSPS) is 20.2. The standard InChI is InChI=1S/C16H20N2O5S/c1-10-13(15(21)23-8-7-22-6-5-19)14(18-16(24)17-10)11-3-2-4-12(20)9-11/h2-4,9,13-14,19-20H,5-8H2,1H3,(H,18,24). The van der Waals surface area contributed by atoms with Crippen molar-refractivity contribution in [3.8, 4) is 5.75 Å². The fourth-order valence-electron chi connectivity index (χ4n) is 2.48. The van der Waals surface area contributed by atoms with Crippen LogP contribution in [0.4, 0.5) is 0 Å². The number of esters is 1. The van der Waals surface area contributed by atoms with Gasteiger partial charge in [0, 0.05) is 5.71 Å². The van der Waals surface area contributed by atoms with Crippen molar-refractivity contribution in [2.45, 2.75) is 13.0 Å². The highest BCUT2D eigenvalue weighted by Crippen LogP contribution is 2.29. The topological polar surface area (TPSA) is 100 Å². The Morgan fingerprint density at radius 1 is 1.38 bits per heavy atom. The van der Waals surface area contributed by atoms with Gasteiger partial charge in [0.1, 0.15) is 18.3 Å². The first-order chi connectivity index (χ1) is 11.5. The van der Waals surface area contributed by atoms with Crippen molar-refractivity contribution in [2.75, 3.05) is 26.4 Å². The van der Waals surface area contributed by atoms with Gasteiger partial charge in [0.2, 0.25) is 0 Å². The summed E-state index contributed by atoms with van der Waals surface area (Å²) in [6.07, 6.45) is 0. The minimum atomic E-state index is -0.656. The van der Waals surface area contributed by atoms with E-state index in [0.717, 1.165) is 0 Å². The van der Waals surface area contributed by atoms with Gasteiger partial charge in [0.25, 0.3) is 0 Å². The summed E-state index contributed by atoms with van der Waals surface area (Å²) in [6.45, 7) is 2.13. The molecule has 8 heteroatoms. The molecule has 2 rings (SSSR count). The zero-order valence-electron chi connectivity index (χ0n) is 13.3. The summed E-state index contributed by atoms with van der Waals surface area (Å²) in [6, 6.07) is 6.15. The maximum absolute atomic E-state index is 12.5. The van der Waals surface area contributed by atoms with Gasteiger partial charge >= 0.3 is 5.97 Å². The molecule has 0 spiro atoms. The van der Waals surface area contributed by atoms with E-state index in [-0.39, 0.29) is 37.3 Å². The minimum Gasteiger partial charge on any atom is -0.508 e. The number of rotatable bonds is 7. The number of carbonyl (C=O) groups excluding carboxylic acids is 1. The molecule has 2 unspecified atom stereocenters. The number of benzene rings is 1. The summed E-state index contributed by atoms with van der Waals surface area (Å²) in [4.78, 5) is 16.6. The number of hydrogen-bond acceptors (Lipinski definition) is 6. The maximum Gasteiger partial charge on any atom is 0.317 e. The largest absolute Gasteiger partial charge is 0.508 e. The molecule has 1 aliphatic rings. The number of aliphatic imine (C=N–C) groups is 1. The highest BCUT2D eigenvalue weighted by Gasteiger charge is 2.37. The Kier molecular flexibility index (Phi) is 6.65. The first kappa shape index (κ1) is 18.3. The van der Waals surface area contributed by atoms with Gasteiger partial charge in [0.05, 0.1) is 25.9 Å². The van der Waals surface area contributed by atoms with Crippen molar-refractivity contribution in [1.29, 1.82) is 0 Å². The second kappa shape index (κ2) is 8.72. The van der Waals surface area contributed by atoms with Crippen LogP contribution in [0, 0.1) is 5.92 Å². The molecule has 130 valence electrons. The van der Waals surface area contributed by atoms with E-state index in [1.165, 1.54) is 0 Å². The van der Waals surface area contributed by atoms with Gasteiger partial charge < -0.3 is 25.0 Å². The number of ether oxygens (including phenoxy) is 2. The zero-order valence-corrected chi connectivity index (χ0v) is 14.1. The van der Waals surface area contributed by atoms with Crippen molar-refractivity contribution in [3.05, 3.63) is 29.8 Å². The van der Waals surface area contributed by atoms with Gasteiger partial charge in [-0.1, -0.05) is 12.1 Å². The molecule has 0 aliphatic carbocycles. The lowest BCUT2D eigenvalue weighted by Gasteiger charge is -2.31. The third kappa shape index (κ3) is 4.73. The maximum atomic E-state index is 12.5. The number of hydrogen-bond donors (Lipinski definition) is 3. The van der Waals surface area contributed by atoms with Crippen LogP contribution >= 0.6 is 12.2 Å². The first-order valence-electron chi connectivity index (χ1n) is 7.52. The van der Waals surface area contributed by atoms with Crippen molar-refractivity contribution >= 4 is 29.0 Å². The van der Waals surface area contributed by atoms with Crippen molar-refractivity contribution < 1.29 is 24.5 Å². The van der Waals surface area contributed by atoms with Crippen LogP contribution in [0.3, 0.4) is 0 Å². The predicted octanol–water partition coefficient (Wildman–Crippen LogP) is 0.951. The third-order valence-electron chi connectivity index (χ3n) is 3.53. The molecule has 0 saturated carbocycles. The summed E-state index contributed by atoms with van der Waals surface area (Å²) < 4.78 is 10.3. The van der Waals surface area contributed by atoms with Crippen LogP contribution in [-0.2, 0) is 14.3 Å². The Morgan fingerprint density at radius 3 is 2.88 bits per heavy atom. The summed E-state index contributed by atoms with van der Waals surface area (Å²) in [5.41, 5.74) is 1.26. The van der Waals surface area contributed by atoms with Crippen LogP contribution in [0.2, 0.25) is 0 Å². The Balaban J connectivity index is 2.11. The van der Waals surface area contributed by atoms with Crippen LogP contribution in [0.25, 0.3) is 0 Å². The number of aliphatic hydroxyl groups excluding tert-OH is 1. The molecule has 24 heavy (non-hydrogen) atoms. The van der Waals surface area contributed by atoms with E-state index in [2.05, 4.69) is 10.3 Å². The average molecular weight is 352 g/mol. The molecule has 0 amide bonds. The van der Waals surface area contributed by atoms with E-state index >= 15 is 0 Å². The Hall–Kier alpha value is -2.03. The molecule has 1 aliphatic heterocycles. The third-order valence-corrected chi connectivity index (χ3v) is 3.74. The molecule has 0 bridgehead atoms. The molecule has 1 aromatic carbocycles. The van der Waals surface area contributed by atoms with Crippen LogP contribution in [-0.4, -0.2) is 53.4 Å². The van der Waals surface area contributed by atoms with Gasteiger partial charge in [-0.15, -0.1) is 0 Å². The highest BCUT2D eigenvalue weighted by atomic mass is 32.1. The SMILES string of the molecule is CC1=NC(=S)NC(c2cccc(O)c2)C1C(=O)OCCOCCO. The van der Waals surface area contributed by atoms with E-state index in [4.69, 9.17) is 26.8 Å². The number of aliphatic hydroxyl groups is 1. The first-order valence-corrected chi connectivity index (χ1v) is 7.93. The molecule has 0 radical (unpaired) electrons. The number of carbonyl (C=O) groups is 1. The lowest BCUT2D eigenvalue weighted by molar-refractivity contribution is -0.148. The molecule has 7 nitrogen and oxygen atoms in total. The molecule has 0 saturated heterocycles. The molecule has 0 fully saturated rings. The number of phenolic OH excluding ortho intramolecular Hbond substituents is 1. The highest BCUT2D eigenvalue weighted by molar-refractivity contribution is 7.80. The zero-order chi connectivity index (χ0) is 17.5. The summed E-state index contributed by atoms with van der Waals surface area (Å²) in [5, 5.41) is 21.6. The lowest BCUT2D eigenvalue weighted by atomic mass is 9.88. The van der Waals surface area contributed by atoms with E-state index in [1.807, 2.05) is 0 Å². The Labute approximate surface area is 145 Å². The van der Waals surface area contributed by atoms with Crippen molar-refractivity contribution in [1.82, 2.24) is 5.32 Å². The molecule has 2 atom stereocenters. The molecule has 1 heterocycles.